The van der Waals surface area contributed by atoms with E-state index < -0.39 is 11.3 Å². The summed E-state index contributed by atoms with van der Waals surface area (Å²) in [6.45, 7) is 11.3. The van der Waals surface area contributed by atoms with E-state index in [-0.39, 0.29) is 24.7 Å². The molecule has 1 aliphatic heterocycles. The molecule has 0 spiro atoms. The van der Waals surface area contributed by atoms with Crippen molar-refractivity contribution in [1.29, 1.82) is 0 Å². The fraction of sp³-hybridized carbons (Fsp3) is 0.750. The van der Waals surface area contributed by atoms with E-state index in [0.29, 0.717) is 13.0 Å². The first-order valence-electron chi connectivity index (χ1n) is 7.47. The summed E-state index contributed by atoms with van der Waals surface area (Å²) in [5.41, 5.74) is -1.25. The predicted molar refractivity (Wildman–Crippen MR) is 82.3 cm³/mol. The quantitative estimate of drug-likeness (QED) is 0.590. The molecule has 6 heteroatoms. The van der Waals surface area contributed by atoms with E-state index >= 15 is 0 Å². The lowest BCUT2D eigenvalue weighted by molar-refractivity contribution is -0.139. The number of amides is 1. The van der Waals surface area contributed by atoms with Gasteiger partial charge in [-0.3, -0.25) is 9.69 Å². The SMILES string of the molecule is CC(=O)OC/C=C/C[C@H]1COC(C)(C)N1C(=O)OC(C)(C)C. The first-order chi connectivity index (χ1) is 10.0. The third kappa shape index (κ3) is 5.67. The molecule has 0 aromatic heterocycles. The van der Waals surface area contributed by atoms with Crippen molar-refractivity contribution < 1.29 is 23.8 Å². The smallest absolute Gasteiger partial charge is 0.412 e. The van der Waals surface area contributed by atoms with Crippen LogP contribution in [0.2, 0.25) is 0 Å². The number of hydrogen-bond donors (Lipinski definition) is 0. The molecule has 1 saturated heterocycles. The molecule has 0 aliphatic carbocycles. The van der Waals surface area contributed by atoms with E-state index in [1.165, 1.54) is 6.92 Å². The third-order valence-electron chi connectivity index (χ3n) is 3.12. The molecule has 0 unspecified atom stereocenters. The van der Waals surface area contributed by atoms with E-state index in [1.54, 1.807) is 11.0 Å². The van der Waals surface area contributed by atoms with Crippen molar-refractivity contribution in [3.05, 3.63) is 12.2 Å². The number of carbonyl (C=O) groups is 2. The molecule has 1 amide bonds. The molecule has 0 radical (unpaired) electrons. The summed E-state index contributed by atoms with van der Waals surface area (Å²) in [7, 11) is 0. The fourth-order valence-corrected chi connectivity index (χ4v) is 2.22. The standard InChI is InChI=1S/C16H27NO5/c1-12(18)20-10-8-7-9-13-11-21-16(5,6)17(13)14(19)22-15(2,3)4/h7-8,13H,9-11H2,1-6H3/b8-7+/t13-/m0/s1. The highest BCUT2D eigenvalue weighted by Crippen LogP contribution is 2.30. The largest absolute Gasteiger partial charge is 0.462 e. The van der Waals surface area contributed by atoms with Crippen LogP contribution in [0.1, 0.15) is 48.0 Å². The van der Waals surface area contributed by atoms with Gasteiger partial charge in [0, 0.05) is 6.92 Å². The van der Waals surface area contributed by atoms with Crippen molar-refractivity contribution in [2.75, 3.05) is 13.2 Å². The Balaban J connectivity index is 2.65. The zero-order valence-corrected chi connectivity index (χ0v) is 14.3. The van der Waals surface area contributed by atoms with Crippen molar-refractivity contribution >= 4 is 12.1 Å². The molecule has 0 aromatic rings. The van der Waals surface area contributed by atoms with Crippen molar-refractivity contribution in [2.45, 2.75) is 65.3 Å². The van der Waals surface area contributed by atoms with Gasteiger partial charge in [0.05, 0.1) is 12.6 Å². The minimum absolute atomic E-state index is 0.0987. The van der Waals surface area contributed by atoms with E-state index in [2.05, 4.69) is 0 Å². The van der Waals surface area contributed by atoms with Crippen LogP contribution < -0.4 is 0 Å². The molecule has 1 atom stereocenters. The van der Waals surface area contributed by atoms with Gasteiger partial charge in [0.15, 0.2) is 0 Å². The molecular formula is C16H27NO5. The summed E-state index contributed by atoms with van der Waals surface area (Å²) >= 11 is 0. The number of hydrogen-bond acceptors (Lipinski definition) is 5. The maximum atomic E-state index is 12.4. The van der Waals surface area contributed by atoms with Crippen LogP contribution in [0.3, 0.4) is 0 Å². The molecule has 6 nitrogen and oxygen atoms in total. The Kier molecular flexibility index (Phi) is 6.00. The van der Waals surface area contributed by atoms with Gasteiger partial charge in [-0.15, -0.1) is 0 Å². The zero-order chi connectivity index (χ0) is 17.0. The van der Waals surface area contributed by atoms with Crippen LogP contribution in [-0.4, -0.2) is 47.5 Å². The van der Waals surface area contributed by atoms with Gasteiger partial charge in [0.2, 0.25) is 0 Å². The van der Waals surface area contributed by atoms with Crippen LogP contribution in [0.4, 0.5) is 4.79 Å². The van der Waals surface area contributed by atoms with Gasteiger partial charge >= 0.3 is 12.1 Å². The van der Waals surface area contributed by atoms with E-state index in [9.17, 15) is 9.59 Å². The summed E-state index contributed by atoms with van der Waals surface area (Å²) in [5.74, 6) is -0.314. The van der Waals surface area contributed by atoms with Crippen LogP contribution in [0, 0.1) is 0 Å². The highest BCUT2D eigenvalue weighted by molar-refractivity contribution is 5.69. The maximum Gasteiger partial charge on any atom is 0.412 e. The summed E-state index contributed by atoms with van der Waals surface area (Å²) < 4.78 is 16.0. The van der Waals surface area contributed by atoms with E-state index in [4.69, 9.17) is 14.2 Å². The predicted octanol–water partition coefficient (Wildman–Crippen LogP) is 2.87. The van der Waals surface area contributed by atoms with E-state index in [1.807, 2.05) is 40.7 Å². The molecule has 1 heterocycles. The van der Waals surface area contributed by atoms with Gasteiger partial charge in [0.25, 0.3) is 0 Å². The molecule has 1 fully saturated rings. The van der Waals surface area contributed by atoms with Crippen LogP contribution in [-0.2, 0) is 19.0 Å². The van der Waals surface area contributed by atoms with Gasteiger partial charge in [-0.1, -0.05) is 12.2 Å². The molecule has 0 aromatic carbocycles. The molecule has 0 bridgehead atoms. The average Bonchev–Trinajstić information content (AvgIpc) is 2.61. The van der Waals surface area contributed by atoms with Gasteiger partial charge < -0.3 is 14.2 Å². The molecular weight excluding hydrogens is 286 g/mol. The lowest BCUT2D eigenvalue weighted by atomic mass is 10.1. The highest BCUT2D eigenvalue weighted by Gasteiger charge is 2.45. The molecule has 126 valence electrons. The van der Waals surface area contributed by atoms with Crippen molar-refractivity contribution in [3.63, 3.8) is 0 Å². The van der Waals surface area contributed by atoms with Gasteiger partial charge in [-0.05, 0) is 41.0 Å². The Morgan fingerprint density at radius 1 is 1.32 bits per heavy atom. The van der Waals surface area contributed by atoms with Crippen LogP contribution in [0.25, 0.3) is 0 Å². The van der Waals surface area contributed by atoms with E-state index in [0.717, 1.165) is 0 Å². The summed E-state index contributed by atoms with van der Waals surface area (Å²) in [5, 5.41) is 0. The number of esters is 1. The lowest BCUT2D eigenvalue weighted by Gasteiger charge is -2.34. The Labute approximate surface area is 132 Å². The second-order valence-corrected chi connectivity index (χ2v) is 6.77. The minimum Gasteiger partial charge on any atom is -0.462 e. The Hall–Kier alpha value is -1.56. The summed E-state index contributed by atoms with van der Waals surface area (Å²) in [6.07, 6.45) is 3.88. The Morgan fingerprint density at radius 3 is 2.50 bits per heavy atom. The van der Waals surface area contributed by atoms with Crippen LogP contribution >= 0.6 is 0 Å². The van der Waals surface area contributed by atoms with Crippen LogP contribution in [0.15, 0.2) is 12.2 Å². The Morgan fingerprint density at radius 2 is 1.95 bits per heavy atom. The minimum atomic E-state index is -0.698. The van der Waals surface area contributed by atoms with Gasteiger partial charge in [-0.2, -0.15) is 0 Å². The van der Waals surface area contributed by atoms with Gasteiger partial charge in [-0.25, -0.2) is 4.79 Å². The topological polar surface area (TPSA) is 65.1 Å². The average molecular weight is 313 g/mol. The summed E-state index contributed by atoms with van der Waals surface area (Å²) in [6, 6.07) is -0.0987. The molecule has 0 N–H and O–H groups in total. The number of nitrogens with zero attached hydrogens (tertiary/aromatic N) is 1. The zero-order valence-electron chi connectivity index (χ0n) is 14.3. The second kappa shape index (κ2) is 7.13. The van der Waals surface area contributed by atoms with Gasteiger partial charge in [0.1, 0.15) is 17.9 Å². The monoisotopic (exact) mass is 313 g/mol. The Bertz CT molecular complexity index is 436. The fourth-order valence-electron chi connectivity index (χ4n) is 2.22. The van der Waals surface area contributed by atoms with Crippen LogP contribution in [0.5, 0.6) is 0 Å². The normalized spacial score (nSPS) is 21.2. The second-order valence-electron chi connectivity index (χ2n) is 6.77. The molecule has 0 saturated carbocycles. The lowest BCUT2D eigenvalue weighted by Crippen LogP contribution is -2.49. The number of carbonyl (C=O) groups excluding carboxylic acids is 2. The molecule has 1 rings (SSSR count). The van der Waals surface area contributed by atoms with Crippen molar-refractivity contribution in [1.82, 2.24) is 4.90 Å². The van der Waals surface area contributed by atoms with Crippen molar-refractivity contribution in [3.8, 4) is 0 Å². The number of rotatable bonds is 4. The van der Waals surface area contributed by atoms with Crippen molar-refractivity contribution in [2.24, 2.45) is 0 Å². The first-order valence-corrected chi connectivity index (χ1v) is 7.47. The summed E-state index contributed by atoms with van der Waals surface area (Å²) in [4.78, 5) is 24.7. The third-order valence-corrected chi connectivity index (χ3v) is 3.12. The highest BCUT2D eigenvalue weighted by atomic mass is 16.6. The maximum absolute atomic E-state index is 12.4. The molecule has 1 aliphatic rings. The first kappa shape index (κ1) is 18.5. The molecule has 22 heavy (non-hydrogen) atoms. The number of ether oxygens (including phenoxy) is 3.